The number of aromatic amines is 1. The van der Waals surface area contributed by atoms with E-state index in [0.29, 0.717) is 18.7 Å². The number of hydrogen-bond acceptors (Lipinski definition) is 7. The van der Waals surface area contributed by atoms with Gasteiger partial charge in [-0.1, -0.05) is 20.8 Å². The molecule has 0 fully saturated rings. The molecule has 0 aliphatic heterocycles. The Labute approximate surface area is 193 Å². The lowest BCUT2D eigenvalue weighted by molar-refractivity contribution is 0.0952. The molecule has 0 unspecified atom stereocenters. The fourth-order valence-electron chi connectivity index (χ4n) is 3.50. The summed E-state index contributed by atoms with van der Waals surface area (Å²) in [6.07, 6.45) is 4.08. The second-order valence-electron chi connectivity index (χ2n) is 7.90. The van der Waals surface area contributed by atoms with Gasteiger partial charge in [-0.25, -0.2) is 14.8 Å². The molecule has 4 heterocycles. The van der Waals surface area contributed by atoms with Crippen LogP contribution in [0.3, 0.4) is 0 Å². The third kappa shape index (κ3) is 4.61. The first kappa shape index (κ1) is 22.5. The van der Waals surface area contributed by atoms with E-state index in [1.54, 1.807) is 18.5 Å². The number of carbonyl (C=O) groups is 1. The van der Waals surface area contributed by atoms with E-state index in [1.807, 2.05) is 38.3 Å². The second kappa shape index (κ2) is 9.45. The Bertz CT molecular complexity index is 1420. The Morgan fingerprint density at radius 3 is 2.67 bits per heavy atom. The Kier molecular flexibility index (Phi) is 6.45. The van der Waals surface area contributed by atoms with Crippen LogP contribution in [0.4, 0.5) is 0 Å². The number of pyridine rings is 2. The van der Waals surface area contributed by atoms with Gasteiger partial charge in [-0.15, -0.1) is 11.3 Å². The van der Waals surface area contributed by atoms with Crippen molar-refractivity contribution in [3.05, 3.63) is 73.1 Å². The van der Waals surface area contributed by atoms with Crippen molar-refractivity contribution >= 4 is 28.3 Å². The van der Waals surface area contributed by atoms with Crippen LogP contribution >= 0.6 is 11.3 Å². The van der Waals surface area contributed by atoms with Crippen LogP contribution in [0, 0.1) is 0 Å². The van der Waals surface area contributed by atoms with E-state index in [0.717, 1.165) is 16.3 Å². The van der Waals surface area contributed by atoms with Crippen molar-refractivity contribution in [1.29, 1.82) is 0 Å². The minimum atomic E-state index is -0.621. The molecule has 2 N–H and O–H groups in total. The average Bonchev–Trinajstić information content (AvgIpc) is 3.29. The van der Waals surface area contributed by atoms with Gasteiger partial charge in [-0.05, 0) is 30.5 Å². The summed E-state index contributed by atoms with van der Waals surface area (Å²) in [7, 11) is 0. The third-order valence-electron chi connectivity index (χ3n) is 5.18. The van der Waals surface area contributed by atoms with Crippen LogP contribution in [0.15, 0.2) is 45.6 Å². The van der Waals surface area contributed by atoms with Crippen LogP contribution in [-0.2, 0) is 13.1 Å². The monoisotopic (exact) mass is 464 g/mol. The Hall–Kier alpha value is -3.66. The summed E-state index contributed by atoms with van der Waals surface area (Å²) >= 11 is 1.44. The second-order valence-corrected chi connectivity index (χ2v) is 8.85. The molecule has 0 atom stereocenters. The lowest BCUT2D eigenvalue weighted by atomic mass is 10.0. The molecule has 0 saturated heterocycles. The van der Waals surface area contributed by atoms with Crippen LogP contribution in [0.2, 0.25) is 0 Å². The van der Waals surface area contributed by atoms with E-state index in [1.165, 1.54) is 15.9 Å². The van der Waals surface area contributed by atoms with Gasteiger partial charge in [-0.2, -0.15) is 0 Å². The molecule has 10 heteroatoms. The maximum atomic E-state index is 13.2. The SMILES string of the molecule is CCCn1c(=O)[nH]c(=O)c2c(C(=O)NCc3nc(-c4ccncc4)cs3)cc(C(C)C)nc21. The minimum Gasteiger partial charge on any atom is -0.345 e. The van der Waals surface area contributed by atoms with E-state index in [9.17, 15) is 14.4 Å². The van der Waals surface area contributed by atoms with Gasteiger partial charge in [0.1, 0.15) is 5.01 Å². The molecule has 0 aliphatic carbocycles. The molecule has 33 heavy (non-hydrogen) atoms. The van der Waals surface area contributed by atoms with Crippen molar-refractivity contribution in [2.24, 2.45) is 0 Å². The van der Waals surface area contributed by atoms with Crippen molar-refractivity contribution in [3.8, 4) is 11.3 Å². The van der Waals surface area contributed by atoms with Gasteiger partial charge >= 0.3 is 5.69 Å². The molecule has 0 aromatic carbocycles. The number of hydrogen-bond donors (Lipinski definition) is 2. The van der Waals surface area contributed by atoms with Crippen molar-refractivity contribution in [2.75, 3.05) is 0 Å². The van der Waals surface area contributed by atoms with Crippen LogP contribution < -0.4 is 16.6 Å². The zero-order valence-electron chi connectivity index (χ0n) is 18.6. The summed E-state index contributed by atoms with van der Waals surface area (Å²) in [4.78, 5) is 53.7. The molecule has 9 nitrogen and oxygen atoms in total. The molecule has 0 radical (unpaired) electrons. The third-order valence-corrected chi connectivity index (χ3v) is 6.03. The van der Waals surface area contributed by atoms with E-state index in [4.69, 9.17) is 0 Å². The molecule has 0 aliphatic rings. The molecule has 4 aromatic heterocycles. The molecular weight excluding hydrogens is 440 g/mol. The number of amides is 1. The maximum absolute atomic E-state index is 13.2. The van der Waals surface area contributed by atoms with Crippen LogP contribution in [0.5, 0.6) is 0 Å². The standard InChI is InChI=1S/C23H24N6O3S/c1-4-9-29-20-19(22(31)28-23(29)32)15(10-16(27-20)13(2)3)21(30)25-11-18-26-17(12-33-18)14-5-7-24-8-6-14/h5-8,10,12-13H,4,9,11H2,1-3H3,(H,25,30)(H,28,31,32). The zero-order chi connectivity index (χ0) is 23.5. The van der Waals surface area contributed by atoms with Gasteiger partial charge < -0.3 is 5.32 Å². The molecule has 4 rings (SSSR count). The maximum Gasteiger partial charge on any atom is 0.329 e. The van der Waals surface area contributed by atoms with Gasteiger partial charge in [-0.3, -0.25) is 24.1 Å². The number of fused-ring (bicyclic) bond motifs is 1. The number of thiazole rings is 1. The summed E-state index contributed by atoms with van der Waals surface area (Å²) in [5.74, 6) is -0.413. The largest absolute Gasteiger partial charge is 0.345 e. The van der Waals surface area contributed by atoms with Crippen molar-refractivity contribution in [2.45, 2.75) is 46.2 Å². The van der Waals surface area contributed by atoms with Gasteiger partial charge in [0.15, 0.2) is 5.65 Å². The summed E-state index contributed by atoms with van der Waals surface area (Å²) in [6, 6.07) is 5.37. The zero-order valence-corrected chi connectivity index (χ0v) is 19.4. The molecule has 4 aromatic rings. The lowest BCUT2D eigenvalue weighted by Gasteiger charge is -2.14. The van der Waals surface area contributed by atoms with E-state index < -0.39 is 17.2 Å². The van der Waals surface area contributed by atoms with Gasteiger partial charge in [0.05, 0.1) is 23.2 Å². The van der Waals surface area contributed by atoms with Gasteiger partial charge in [0.25, 0.3) is 11.5 Å². The van der Waals surface area contributed by atoms with Crippen LogP contribution in [-0.4, -0.2) is 30.4 Å². The molecule has 170 valence electrons. The van der Waals surface area contributed by atoms with Crippen molar-refractivity contribution in [3.63, 3.8) is 0 Å². The normalized spacial score (nSPS) is 11.3. The predicted molar refractivity (Wildman–Crippen MR) is 128 cm³/mol. The first-order chi connectivity index (χ1) is 15.9. The summed E-state index contributed by atoms with van der Waals surface area (Å²) in [5, 5.41) is 5.62. The fraction of sp³-hybridized carbons (Fsp3) is 0.304. The quantitative estimate of drug-likeness (QED) is 0.433. The van der Waals surface area contributed by atoms with Gasteiger partial charge in [0.2, 0.25) is 0 Å². The molecule has 0 spiro atoms. The number of aromatic nitrogens is 5. The number of nitrogens with zero attached hydrogens (tertiary/aromatic N) is 4. The highest BCUT2D eigenvalue weighted by atomic mass is 32.1. The summed E-state index contributed by atoms with van der Waals surface area (Å²) < 4.78 is 1.42. The predicted octanol–water partition coefficient (Wildman–Crippen LogP) is 3.07. The number of carbonyl (C=O) groups excluding carboxylic acids is 1. The Morgan fingerprint density at radius 2 is 1.97 bits per heavy atom. The highest BCUT2D eigenvalue weighted by Gasteiger charge is 2.20. The topological polar surface area (TPSA) is 123 Å². The van der Waals surface area contributed by atoms with Crippen LogP contribution in [0.1, 0.15) is 54.2 Å². The molecule has 1 amide bonds. The minimum absolute atomic E-state index is 0.00676. The van der Waals surface area contributed by atoms with Crippen molar-refractivity contribution in [1.82, 2.24) is 29.8 Å². The number of aryl methyl sites for hydroxylation is 1. The highest BCUT2D eigenvalue weighted by Crippen LogP contribution is 2.22. The highest BCUT2D eigenvalue weighted by molar-refractivity contribution is 7.09. The molecule has 0 bridgehead atoms. The van der Waals surface area contributed by atoms with Gasteiger partial charge in [0, 0.05) is 35.6 Å². The summed E-state index contributed by atoms with van der Waals surface area (Å²) in [6.45, 7) is 6.42. The first-order valence-corrected chi connectivity index (χ1v) is 11.6. The number of rotatable bonds is 7. The average molecular weight is 465 g/mol. The Morgan fingerprint density at radius 1 is 1.21 bits per heavy atom. The fourth-order valence-corrected chi connectivity index (χ4v) is 4.24. The van der Waals surface area contributed by atoms with E-state index in [-0.39, 0.29) is 29.1 Å². The molecular formula is C23H24N6O3S. The lowest BCUT2D eigenvalue weighted by Crippen LogP contribution is -2.33. The van der Waals surface area contributed by atoms with Crippen LogP contribution in [0.25, 0.3) is 22.3 Å². The Balaban J connectivity index is 1.69. The molecule has 0 saturated carbocycles. The van der Waals surface area contributed by atoms with Crippen molar-refractivity contribution < 1.29 is 4.79 Å². The van der Waals surface area contributed by atoms with E-state index in [2.05, 4.69) is 25.3 Å². The summed E-state index contributed by atoms with van der Waals surface area (Å²) in [5.41, 5.74) is 1.67. The number of nitrogens with one attached hydrogen (secondary N) is 2. The van der Waals surface area contributed by atoms with E-state index >= 15 is 0 Å². The number of H-pyrrole nitrogens is 1. The first-order valence-electron chi connectivity index (χ1n) is 10.7. The smallest absolute Gasteiger partial charge is 0.329 e.